The first kappa shape index (κ1) is 20.3. The lowest BCUT2D eigenvalue weighted by molar-refractivity contribution is -0.117. The molecule has 4 heterocycles. The number of likely N-dealkylation sites (tertiary alicyclic amines) is 1. The predicted octanol–water partition coefficient (Wildman–Crippen LogP) is 4.33. The van der Waals surface area contributed by atoms with Crippen LogP contribution in [0.2, 0.25) is 5.15 Å². The second-order valence-electron chi connectivity index (χ2n) is 7.21. The van der Waals surface area contributed by atoms with Crippen molar-refractivity contribution in [1.82, 2.24) is 19.9 Å². The average Bonchev–Trinajstić information content (AvgIpc) is 3.11. The molecule has 4 rings (SSSR count). The van der Waals surface area contributed by atoms with Crippen molar-refractivity contribution in [3.8, 4) is 11.3 Å². The lowest BCUT2D eigenvalue weighted by Gasteiger charge is -2.28. The van der Waals surface area contributed by atoms with Crippen LogP contribution >= 0.6 is 35.8 Å². The number of hydrogen-bond donors (Lipinski definition) is 3. The van der Waals surface area contributed by atoms with Crippen molar-refractivity contribution in [2.24, 2.45) is 5.92 Å². The fourth-order valence-corrected chi connectivity index (χ4v) is 4.64. The van der Waals surface area contributed by atoms with Gasteiger partial charge in [0.25, 0.3) is 0 Å². The molecule has 0 saturated carbocycles. The monoisotopic (exact) mass is 448 g/mol. The van der Waals surface area contributed by atoms with Crippen LogP contribution in [0.3, 0.4) is 0 Å². The highest BCUT2D eigenvalue weighted by Gasteiger charge is 2.20. The van der Waals surface area contributed by atoms with Crippen molar-refractivity contribution in [3.05, 3.63) is 29.5 Å². The van der Waals surface area contributed by atoms with E-state index < -0.39 is 0 Å². The van der Waals surface area contributed by atoms with Gasteiger partial charge in [0.05, 0.1) is 11.4 Å². The zero-order chi connectivity index (χ0) is 20.4. The number of fused-ring (bicyclic) bond motifs is 1. The van der Waals surface area contributed by atoms with Crippen LogP contribution in [-0.2, 0) is 4.79 Å². The van der Waals surface area contributed by atoms with Gasteiger partial charge in [0, 0.05) is 18.2 Å². The highest BCUT2D eigenvalue weighted by atomic mass is 35.5. The van der Waals surface area contributed by atoms with E-state index in [-0.39, 0.29) is 5.91 Å². The Morgan fingerprint density at radius 1 is 1.34 bits per heavy atom. The molecule has 2 N–H and O–H groups in total. The summed E-state index contributed by atoms with van der Waals surface area (Å²) in [6.07, 6.45) is 4.33. The highest BCUT2D eigenvalue weighted by Crippen LogP contribution is 2.30. The molecule has 3 aromatic heterocycles. The number of carbonyl (C=O) groups excluding carboxylic acids is 1. The number of hydrogen-bond acceptors (Lipinski definition) is 8. The van der Waals surface area contributed by atoms with E-state index in [9.17, 15) is 4.79 Å². The summed E-state index contributed by atoms with van der Waals surface area (Å²) in [6.45, 7) is 2.10. The molecule has 152 valence electrons. The molecule has 0 bridgehead atoms. The minimum atomic E-state index is 0.0187. The molecule has 29 heavy (non-hydrogen) atoms. The van der Waals surface area contributed by atoms with Gasteiger partial charge in [-0.15, -0.1) is 0 Å². The zero-order valence-electron chi connectivity index (χ0n) is 15.9. The number of thiol groups is 1. The lowest BCUT2D eigenvalue weighted by Crippen LogP contribution is -2.31. The van der Waals surface area contributed by atoms with E-state index in [1.807, 2.05) is 18.2 Å². The maximum absolute atomic E-state index is 12.4. The standard InChI is InChI=1S/C19H21ClN6OS2/c1-26-6-4-11(5-7-26)8-16(27)24-19-23-14-3-2-13(22-18(14)29-19)12-9-15(25-28)17(20)21-10-12/h2-3,9-11,25,28H,4-8H2,1H3,(H,23,24,27). The second-order valence-corrected chi connectivity index (χ2v) is 8.77. The van der Waals surface area contributed by atoms with Gasteiger partial charge in [-0.3, -0.25) is 4.79 Å². The topological polar surface area (TPSA) is 83.0 Å². The van der Waals surface area contributed by atoms with Gasteiger partial charge in [0.15, 0.2) is 10.3 Å². The quantitative estimate of drug-likeness (QED) is 0.398. The zero-order valence-corrected chi connectivity index (χ0v) is 18.3. The number of nitrogens with one attached hydrogen (secondary N) is 2. The van der Waals surface area contributed by atoms with E-state index in [2.05, 4.69) is 49.8 Å². The molecule has 1 aliphatic rings. The summed E-state index contributed by atoms with van der Waals surface area (Å²) in [5, 5.41) is 3.86. The van der Waals surface area contributed by atoms with E-state index in [4.69, 9.17) is 11.6 Å². The van der Waals surface area contributed by atoms with Crippen LogP contribution in [0.1, 0.15) is 19.3 Å². The number of pyridine rings is 2. The third-order valence-corrected chi connectivity index (χ3v) is 6.49. The Hall–Kier alpha value is -1.94. The van der Waals surface area contributed by atoms with Crippen molar-refractivity contribution < 1.29 is 4.79 Å². The Labute approximate surface area is 183 Å². The molecule has 0 atom stereocenters. The van der Waals surface area contributed by atoms with Gasteiger partial charge in [0.1, 0.15) is 10.3 Å². The van der Waals surface area contributed by atoms with Gasteiger partial charge in [-0.1, -0.05) is 35.8 Å². The van der Waals surface area contributed by atoms with Gasteiger partial charge in [-0.05, 0) is 57.1 Å². The third-order valence-electron chi connectivity index (χ3n) is 5.07. The summed E-state index contributed by atoms with van der Waals surface area (Å²) in [5.41, 5.74) is 2.93. The molecule has 3 aromatic rings. The van der Waals surface area contributed by atoms with Crippen LogP contribution < -0.4 is 10.0 Å². The molecular formula is C19H21ClN6OS2. The summed E-state index contributed by atoms with van der Waals surface area (Å²) < 4.78 is 2.72. The molecule has 7 nitrogen and oxygen atoms in total. The van der Waals surface area contributed by atoms with Crippen LogP contribution in [0.5, 0.6) is 0 Å². The van der Waals surface area contributed by atoms with Crippen molar-refractivity contribution in [2.45, 2.75) is 19.3 Å². The van der Waals surface area contributed by atoms with E-state index >= 15 is 0 Å². The maximum atomic E-state index is 12.4. The van der Waals surface area contributed by atoms with Crippen molar-refractivity contribution >= 4 is 62.8 Å². The van der Waals surface area contributed by atoms with Crippen LogP contribution in [0.25, 0.3) is 21.6 Å². The number of amides is 1. The Kier molecular flexibility index (Phi) is 6.19. The Morgan fingerprint density at radius 3 is 2.90 bits per heavy atom. The average molecular weight is 449 g/mol. The SMILES string of the molecule is CN1CCC(CC(=O)Nc2nc3ccc(-c4cnc(Cl)c(NS)c4)nc3s2)CC1. The summed E-state index contributed by atoms with van der Waals surface area (Å²) in [5.74, 6) is 0.461. The number of piperidine rings is 1. The largest absolute Gasteiger partial charge is 0.330 e. The number of halogens is 1. The lowest BCUT2D eigenvalue weighted by atomic mass is 9.93. The van der Waals surface area contributed by atoms with Gasteiger partial charge in [-0.25, -0.2) is 15.0 Å². The van der Waals surface area contributed by atoms with Crippen molar-refractivity contribution in [1.29, 1.82) is 0 Å². The molecule has 0 spiro atoms. The van der Waals surface area contributed by atoms with Gasteiger partial charge in [-0.2, -0.15) is 0 Å². The minimum absolute atomic E-state index is 0.0187. The first-order valence-electron chi connectivity index (χ1n) is 9.34. The molecule has 1 aliphatic heterocycles. The van der Waals surface area contributed by atoms with E-state index in [0.717, 1.165) is 47.5 Å². The third kappa shape index (κ3) is 4.80. The van der Waals surface area contributed by atoms with Crippen molar-refractivity contribution in [3.63, 3.8) is 0 Å². The normalized spacial score (nSPS) is 15.6. The smallest absolute Gasteiger partial charge is 0.226 e. The van der Waals surface area contributed by atoms with E-state index in [1.54, 1.807) is 6.20 Å². The summed E-state index contributed by atoms with van der Waals surface area (Å²) in [7, 11) is 2.12. The van der Waals surface area contributed by atoms with Crippen LogP contribution in [0, 0.1) is 5.92 Å². The molecule has 1 fully saturated rings. The fraction of sp³-hybridized carbons (Fsp3) is 0.368. The number of anilines is 2. The van der Waals surface area contributed by atoms with E-state index in [0.29, 0.717) is 28.3 Å². The molecular weight excluding hydrogens is 428 g/mol. The summed E-state index contributed by atoms with van der Waals surface area (Å²) in [4.78, 5) is 28.8. The Bertz CT molecular complexity index is 1030. The highest BCUT2D eigenvalue weighted by molar-refractivity contribution is 7.81. The summed E-state index contributed by atoms with van der Waals surface area (Å²) >= 11 is 11.4. The maximum Gasteiger partial charge on any atom is 0.226 e. The van der Waals surface area contributed by atoms with Crippen molar-refractivity contribution in [2.75, 3.05) is 30.2 Å². The molecule has 0 aliphatic carbocycles. The number of thiazole rings is 1. The molecule has 0 unspecified atom stereocenters. The van der Waals surface area contributed by atoms with Crippen LogP contribution in [0.4, 0.5) is 10.8 Å². The molecule has 0 radical (unpaired) electrons. The number of nitrogens with zero attached hydrogens (tertiary/aromatic N) is 4. The number of rotatable bonds is 5. The molecule has 1 saturated heterocycles. The number of aromatic nitrogens is 3. The van der Waals surface area contributed by atoms with Gasteiger partial charge < -0.3 is 14.9 Å². The fourth-order valence-electron chi connectivity index (χ4n) is 3.40. The van der Waals surface area contributed by atoms with Crippen LogP contribution in [0.15, 0.2) is 24.4 Å². The Morgan fingerprint density at radius 2 is 2.14 bits per heavy atom. The van der Waals surface area contributed by atoms with E-state index in [1.165, 1.54) is 11.3 Å². The number of carbonyl (C=O) groups is 1. The molecule has 1 amide bonds. The first-order chi connectivity index (χ1) is 14.0. The van der Waals surface area contributed by atoms with Gasteiger partial charge in [0.2, 0.25) is 5.91 Å². The molecule has 10 heteroatoms. The van der Waals surface area contributed by atoms with Gasteiger partial charge >= 0.3 is 0 Å². The first-order valence-corrected chi connectivity index (χ1v) is 11.0. The Balaban J connectivity index is 1.47. The minimum Gasteiger partial charge on any atom is -0.330 e. The second kappa shape index (κ2) is 8.83. The molecule has 0 aromatic carbocycles. The van der Waals surface area contributed by atoms with Crippen LogP contribution in [-0.4, -0.2) is 45.9 Å². The summed E-state index contributed by atoms with van der Waals surface area (Å²) in [6, 6.07) is 5.60. The predicted molar refractivity (Wildman–Crippen MR) is 122 cm³/mol.